The molecule has 0 aromatic heterocycles. The van der Waals surface area contributed by atoms with Gasteiger partial charge in [0, 0.05) is 12.8 Å². The fourth-order valence-corrected chi connectivity index (χ4v) is 5.82. The number of rotatable bonds is 4. The summed E-state index contributed by atoms with van der Waals surface area (Å²) in [6.45, 7) is 5.59. The van der Waals surface area contributed by atoms with Crippen molar-refractivity contribution in [1.29, 1.82) is 0 Å². The van der Waals surface area contributed by atoms with Gasteiger partial charge in [-0.3, -0.25) is 15.2 Å². The van der Waals surface area contributed by atoms with Crippen LogP contribution >= 0.6 is 11.6 Å². The van der Waals surface area contributed by atoms with Crippen molar-refractivity contribution < 1.29 is 28.9 Å². The van der Waals surface area contributed by atoms with Crippen molar-refractivity contribution in [2.75, 3.05) is 11.5 Å². The molecule has 186 valence electrons. The van der Waals surface area contributed by atoms with Crippen LogP contribution in [0.5, 0.6) is 0 Å². The number of amides is 1. The molecule has 0 fully saturated rings. The van der Waals surface area contributed by atoms with Crippen molar-refractivity contribution in [2.45, 2.75) is 38.3 Å². The van der Waals surface area contributed by atoms with Crippen molar-refractivity contribution in [1.82, 2.24) is 4.90 Å². The number of benzene rings is 2. The molecule has 2 heterocycles. The maximum absolute atomic E-state index is 13.6. The fraction of sp³-hybridized carbons (Fsp3) is 0.304. The van der Waals surface area contributed by atoms with E-state index >= 15 is 0 Å². The zero-order chi connectivity index (χ0) is 25.9. The van der Waals surface area contributed by atoms with Gasteiger partial charge in [-0.1, -0.05) is 38.4 Å². The molecule has 0 saturated heterocycles. The third-order valence-electron chi connectivity index (χ3n) is 5.75. The smallest absolute Gasteiger partial charge is 0.262 e. The Bertz CT molecular complexity index is 1420. The average molecular weight is 523 g/mol. The molecule has 0 saturated carbocycles. The minimum Gasteiger partial charge on any atom is -0.509 e. The molecule has 1 amide bonds. The third-order valence-corrected chi connectivity index (χ3v) is 7.71. The molecule has 2 aromatic rings. The molecular weight excluding hydrogens is 499 g/mol. The Kier molecular flexibility index (Phi) is 6.17. The minimum absolute atomic E-state index is 0.0336. The molecule has 4 rings (SSSR count). The number of anilines is 1. The molecule has 0 radical (unpaired) electrons. The lowest BCUT2D eigenvalue weighted by Gasteiger charge is -2.35. The summed E-state index contributed by atoms with van der Waals surface area (Å²) in [5.41, 5.74) is -0.0359. The summed E-state index contributed by atoms with van der Waals surface area (Å²) in [6, 6.07) is 7.39. The van der Waals surface area contributed by atoms with Gasteiger partial charge in [0.15, 0.2) is 5.84 Å². The molecule has 9 nitrogen and oxygen atoms in total. The molecule has 0 aliphatic carbocycles. The van der Waals surface area contributed by atoms with Crippen LogP contribution in [-0.2, 0) is 21.1 Å². The number of carbonyl (C=O) groups is 1. The van der Waals surface area contributed by atoms with Crippen LogP contribution in [-0.4, -0.2) is 48.7 Å². The van der Waals surface area contributed by atoms with Crippen molar-refractivity contribution >= 4 is 44.4 Å². The first kappa shape index (κ1) is 25.1. The number of amidine groups is 1. The summed E-state index contributed by atoms with van der Waals surface area (Å²) in [4.78, 5) is 19.5. The lowest BCUT2D eigenvalue weighted by Crippen LogP contribution is -2.43. The van der Waals surface area contributed by atoms with Gasteiger partial charge in [-0.15, -0.1) is 5.23 Å². The van der Waals surface area contributed by atoms with Crippen molar-refractivity contribution in [3.05, 3.63) is 64.1 Å². The van der Waals surface area contributed by atoms with Gasteiger partial charge in [0.25, 0.3) is 5.91 Å². The van der Waals surface area contributed by atoms with E-state index in [-0.39, 0.29) is 50.2 Å². The van der Waals surface area contributed by atoms with E-state index in [0.717, 1.165) is 0 Å². The molecule has 2 aliphatic rings. The molecule has 0 spiro atoms. The number of carbonyl (C=O) groups excluding carboxylic acids is 1. The zero-order valence-corrected chi connectivity index (χ0v) is 20.9. The number of aliphatic hydroxyl groups excluding tert-OH is 1. The lowest BCUT2D eigenvalue weighted by atomic mass is 9.85. The molecular formula is C23H24ClFN4O5S. The van der Waals surface area contributed by atoms with E-state index in [9.17, 15) is 28.9 Å². The highest BCUT2D eigenvalue weighted by molar-refractivity contribution is 7.93. The van der Waals surface area contributed by atoms with Crippen LogP contribution in [0.25, 0.3) is 0 Å². The number of aliphatic imine (C=N–C) groups is 1. The second kappa shape index (κ2) is 8.59. The molecule has 2 atom stereocenters. The monoisotopic (exact) mass is 522 g/mol. The molecule has 3 N–H and O–H groups in total. The highest BCUT2D eigenvalue weighted by atomic mass is 35.5. The molecule has 12 heteroatoms. The van der Waals surface area contributed by atoms with Gasteiger partial charge in [-0.05, 0) is 41.3 Å². The zero-order valence-electron chi connectivity index (χ0n) is 19.4. The standard InChI is InChI=1S/C23H24ClFN4O5S/c1-23(2,3)20-19(30)18(22(31)28(20)11-12-5-7-15(25)14(24)9-12)21-26-16-8-6-13(29(32)33)10-17(16)35(4,34)27-21/h5-10,20,30,32-33H,11H2,1-4H3/t20-,35?/m1/s1. The summed E-state index contributed by atoms with van der Waals surface area (Å²) in [5, 5.41) is 29.6. The van der Waals surface area contributed by atoms with Crippen LogP contribution in [0, 0.1) is 11.2 Å². The molecule has 35 heavy (non-hydrogen) atoms. The normalized spacial score (nSPS) is 22.2. The summed E-state index contributed by atoms with van der Waals surface area (Å²) >= 11 is 5.91. The van der Waals surface area contributed by atoms with E-state index in [1.54, 1.807) is 0 Å². The largest absolute Gasteiger partial charge is 0.509 e. The van der Waals surface area contributed by atoms with Gasteiger partial charge in [-0.2, -0.15) is 4.36 Å². The van der Waals surface area contributed by atoms with Crippen molar-refractivity contribution in [3.63, 3.8) is 0 Å². The first-order chi connectivity index (χ1) is 16.2. The first-order valence-electron chi connectivity index (χ1n) is 10.5. The van der Waals surface area contributed by atoms with Gasteiger partial charge in [-0.25, -0.2) is 13.6 Å². The van der Waals surface area contributed by atoms with E-state index in [1.165, 1.54) is 47.6 Å². The summed E-state index contributed by atoms with van der Waals surface area (Å²) in [6.07, 6.45) is 1.33. The first-order valence-corrected chi connectivity index (χ1v) is 12.8. The predicted octanol–water partition coefficient (Wildman–Crippen LogP) is 4.83. The molecule has 0 bridgehead atoms. The second-order valence-corrected chi connectivity index (χ2v) is 12.1. The topological polar surface area (TPSA) is 126 Å². The molecule has 2 aliphatic heterocycles. The molecule has 2 aromatic carbocycles. The van der Waals surface area contributed by atoms with Crippen molar-refractivity contribution in [3.8, 4) is 0 Å². The third kappa shape index (κ3) is 4.52. The second-order valence-electron chi connectivity index (χ2n) is 9.48. The summed E-state index contributed by atoms with van der Waals surface area (Å²) < 4.78 is 31.2. The summed E-state index contributed by atoms with van der Waals surface area (Å²) in [7, 11) is -3.15. The number of nitrogens with zero attached hydrogens (tertiary/aromatic N) is 4. The average Bonchev–Trinajstić information content (AvgIpc) is 2.99. The fourth-order valence-electron chi connectivity index (χ4n) is 4.21. The Hall–Kier alpha value is -2.99. The Morgan fingerprint density at radius 3 is 2.49 bits per heavy atom. The van der Waals surface area contributed by atoms with Gasteiger partial charge >= 0.3 is 0 Å². The number of halogens is 2. The van der Waals surface area contributed by atoms with Crippen LogP contribution in [0.3, 0.4) is 0 Å². The van der Waals surface area contributed by atoms with Crippen LogP contribution in [0.15, 0.2) is 62.0 Å². The Labute approximate surface area is 206 Å². The van der Waals surface area contributed by atoms with E-state index in [1.807, 2.05) is 20.8 Å². The summed E-state index contributed by atoms with van der Waals surface area (Å²) in [5.74, 6) is -1.60. The number of hydrogen-bond acceptors (Lipinski definition) is 8. The SMILES string of the molecule is CC(C)(C)[C@H]1C(O)=C(C2=Nc3ccc(N(O)O)cc3S(C)(=O)=N2)C(=O)N1Cc1ccc(F)c(Cl)c1. The van der Waals surface area contributed by atoms with E-state index in [2.05, 4.69) is 9.36 Å². The van der Waals surface area contributed by atoms with E-state index in [4.69, 9.17) is 11.6 Å². The quantitative estimate of drug-likeness (QED) is 0.493. The maximum Gasteiger partial charge on any atom is 0.262 e. The van der Waals surface area contributed by atoms with Crippen LogP contribution in [0.2, 0.25) is 5.02 Å². The number of fused-ring (bicyclic) bond motifs is 1. The van der Waals surface area contributed by atoms with Crippen LogP contribution < -0.4 is 5.23 Å². The van der Waals surface area contributed by atoms with Crippen LogP contribution in [0.1, 0.15) is 26.3 Å². The minimum atomic E-state index is -3.15. The van der Waals surface area contributed by atoms with E-state index < -0.39 is 32.9 Å². The van der Waals surface area contributed by atoms with Gasteiger partial charge < -0.3 is 10.0 Å². The molecule has 1 unspecified atom stereocenters. The maximum atomic E-state index is 13.6. The Balaban J connectivity index is 1.81. The number of aliphatic hydroxyl groups is 1. The van der Waals surface area contributed by atoms with Crippen molar-refractivity contribution in [2.24, 2.45) is 14.8 Å². The Morgan fingerprint density at radius 2 is 1.89 bits per heavy atom. The predicted molar refractivity (Wildman–Crippen MR) is 129 cm³/mol. The van der Waals surface area contributed by atoms with Crippen LogP contribution in [0.4, 0.5) is 15.8 Å². The lowest BCUT2D eigenvalue weighted by molar-refractivity contribution is -0.129. The highest BCUT2D eigenvalue weighted by Gasteiger charge is 2.47. The van der Waals surface area contributed by atoms with Gasteiger partial charge in [0.1, 0.15) is 17.1 Å². The highest BCUT2D eigenvalue weighted by Crippen LogP contribution is 2.41. The van der Waals surface area contributed by atoms with Gasteiger partial charge in [0.05, 0.1) is 37.1 Å². The number of hydrogen-bond donors (Lipinski definition) is 3. The van der Waals surface area contributed by atoms with Gasteiger partial charge in [0.2, 0.25) is 0 Å². The van der Waals surface area contributed by atoms with E-state index in [0.29, 0.717) is 5.56 Å². The Morgan fingerprint density at radius 1 is 1.20 bits per heavy atom.